The van der Waals surface area contributed by atoms with Crippen LogP contribution in [0.4, 0.5) is 0 Å². The number of rotatable bonds is 17. The Labute approximate surface area is 150 Å². The van der Waals surface area contributed by atoms with E-state index in [0.717, 1.165) is 19.3 Å². The maximum atomic E-state index is 10.8. The molecule has 1 unspecified atom stereocenters. The summed E-state index contributed by atoms with van der Waals surface area (Å²) in [5, 5.41) is 0. The van der Waals surface area contributed by atoms with Gasteiger partial charge in [0.25, 0.3) is 0 Å². The number of hydrogen-bond donors (Lipinski definition) is 1. The molecule has 0 aromatic carbocycles. The van der Waals surface area contributed by atoms with E-state index in [2.05, 4.69) is 30.2 Å². The topological polar surface area (TPSA) is 63.6 Å². The first kappa shape index (κ1) is 23.6. The molecule has 0 heterocycles. The molecule has 0 amide bonds. The second kappa shape index (κ2) is 16.1. The zero-order valence-electron chi connectivity index (χ0n) is 15.7. The minimum atomic E-state index is -4.34. The highest BCUT2D eigenvalue weighted by atomic mass is 32.3. The minimum absolute atomic E-state index is 0.0413. The summed E-state index contributed by atoms with van der Waals surface area (Å²) in [4.78, 5) is 0. The molecule has 4 nitrogen and oxygen atoms in total. The Morgan fingerprint density at radius 1 is 0.875 bits per heavy atom. The van der Waals surface area contributed by atoms with Gasteiger partial charge in [0.1, 0.15) is 0 Å². The molecule has 1 N–H and O–H groups in total. The van der Waals surface area contributed by atoms with Crippen molar-refractivity contribution in [1.82, 2.24) is 0 Å². The Morgan fingerprint density at radius 3 is 2.00 bits per heavy atom. The third kappa shape index (κ3) is 18.0. The summed E-state index contributed by atoms with van der Waals surface area (Å²) in [5.74, 6) is 0.0636. The fraction of sp³-hybridized carbons (Fsp3) is 0.895. The predicted octanol–water partition coefficient (Wildman–Crippen LogP) is 6.09. The van der Waals surface area contributed by atoms with Crippen molar-refractivity contribution in [1.29, 1.82) is 0 Å². The first-order chi connectivity index (χ1) is 11.5. The highest BCUT2D eigenvalue weighted by Gasteiger charge is 2.11. The van der Waals surface area contributed by atoms with Crippen LogP contribution < -0.4 is 0 Å². The average Bonchev–Trinajstić information content (AvgIpc) is 2.53. The molecule has 0 aromatic heterocycles. The van der Waals surface area contributed by atoms with E-state index in [0.29, 0.717) is 0 Å². The van der Waals surface area contributed by atoms with E-state index >= 15 is 0 Å². The summed E-state index contributed by atoms with van der Waals surface area (Å²) < 4.78 is 34.8. The summed E-state index contributed by atoms with van der Waals surface area (Å²) in [6, 6.07) is 0. The van der Waals surface area contributed by atoms with Crippen molar-refractivity contribution < 1.29 is 17.2 Å². The van der Waals surface area contributed by atoms with Gasteiger partial charge in [-0.3, -0.25) is 4.55 Å². The van der Waals surface area contributed by atoms with Gasteiger partial charge in [-0.1, -0.05) is 90.2 Å². The molecule has 0 bridgehead atoms. The fourth-order valence-electron chi connectivity index (χ4n) is 2.75. The van der Waals surface area contributed by atoms with Crippen molar-refractivity contribution in [3.8, 4) is 0 Å². The molecule has 0 aliphatic heterocycles. The maximum Gasteiger partial charge on any atom is 0.397 e. The summed E-state index contributed by atoms with van der Waals surface area (Å²) in [6.07, 6.45) is 19.7. The largest absolute Gasteiger partial charge is 0.397 e. The third-order valence-electron chi connectivity index (χ3n) is 4.24. The van der Waals surface area contributed by atoms with Gasteiger partial charge in [-0.2, -0.15) is 8.42 Å². The smallest absolute Gasteiger partial charge is 0.264 e. The van der Waals surface area contributed by atoms with Gasteiger partial charge in [0.2, 0.25) is 0 Å². The molecule has 0 rings (SSSR count). The van der Waals surface area contributed by atoms with Crippen LogP contribution in [-0.4, -0.2) is 19.6 Å². The average molecular weight is 363 g/mol. The zero-order valence-corrected chi connectivity index (χ0v) is 16.5. The highest BCUT2D eigenvalue weighted by molar-refractivity contribution is 7.80. The van der Waals surface area contributed by atoms with Crippen molar-refractivity contribution in [2.75, 3.05) is 6.61 Å². The molecular weight excluding hydrogens is 324 g/mol. The van der Waals surface area contributed by atoms with Gasteiger partial charge in [0, 0.05) is 5.92 Å². The van der Waals surface area contributed by atoms with Crippen LogP contribution in [0.1, 0.15) is 97.3 Å². The van der Waals surface area contributed by atoms with E-state index in [4.69, 9.17) is 4.55 Å². The molecule has 1 atom stereocenters. The quantitative estimate of drug-likeness (QED) is 0.193. The van der Waals surface area contributed by atoms with Gasteiger partial charge in [-0.25, -0.2) is 4.18 Å². The van der Waals surface area contributed by atoms with E-state index in [1.165, 1.54) is 64.2 Å². The lowest BCUT2D eigenvalue weighted by atomic mass is 10.00. The normalized spacial score (nSPS) is 13.6. The first-order valence-electron chi connectivity index (χ1n) is 9.78. The molecule has 0 aromatic rings. The van der Waals surface area contributed by atoms with E-state index < -0.39 is 10.4 Å². The minimum Gasteiger partial charge on any atom is -0.264 e. The van der Waals surface area contributed by atoms with E-state index in [-0.39, 0.29) is 12.5 Å². The van der Waals surface area contributed by atoms with Gasteiger partial charge in [0.05, 0.1) is 6.61 Å². The molecule has 0 fully saturated rings. The summed E-state index contributed by atoms with van der Waals surface area (Å²) >= 11 is 0. The monoisotopic (exact) mass is 362 g/mol. The lowest BCUT2D eigenvalue weighted by Gasteiger charge is -2.11. The predicted molar refractivity (Wildman–Crippen MR) is 101 cm³/mol. The van der Waals surface area contributed by atoms with Gasteiger partial charge in [0.15, 0.2) is 0 Å². The van der Waals surface area contributed by atoms with Gasteiger partial charge >= 0.3 is 10.4 Å². The van der Waals surface area contributed by atoms with Crippen LogP contribution in [0.25, 0.3) is 0 Å². The van der Waals surface area contributed by atoms with E-state index in [9.17, 15) is 8.42 Å². The molecule has 0 radical (unpaired) electrons. The highest BCUT2D eigenvalue weighted by Crippen LogP contribution is 2.15. The lowest BCUT2D eigenvalue weighted by molar-refractivity contribution is 0.234. The Balaban J connectivity index is 4.00. The van der Waals surface area contributed by atoms with Crippen LogP contribution in [-0.2, 0) is 14.6 Å². The Bertz CT molecular complexity index is 390. The lowest BCUT2D eigenvalue weighted by Crippen LogP contribution is -2.12. The van der Waals surface area contributed by atoms with Crippen molar-refractivity contribution in [2.45, 2.75) is 97.3 Å². The van der Waals surface area contributed by atoms with E-state index in [1.54, 1.807) is 0 Å². The number of hydrogen-bond acceptors (Lipinski definition) is 3. The van der Waals surface area contributed by atoms with Crippen LogP contribution in [0.2, 0.25) is 0 Å². The van der Waals surface area contributed by atoms with Gasteiger partial charge in [-0.15, -0.1) is 0 Å². The van der Waals surface area contributed by atoms with Crippen LogP contribution in [0.5, 0.6) is 0 Å². The van der Waals surface area contributed by atoms with Crippen LogP contribution >= 0.6 is 0 Å². The second-order valence-corrected chi connectivity index (χ2v) is 7.75. The first-order valence-corrected chi connectivity index (χ1v) is 11.1. The molecule has 5 heteroatoms. The number of allylic oxidation sites excluding steroid dienone is 1. The second-order valence-electron chi connectivity index (χ2n) is 6.66. The molecule has 0 aliphatic carbocycles. The molecule has 0 saturated heterocycles. The summed E-state index contributed by atoms with van der Waals surface area (Å²) in [6.45, 7) is 4.45. The molecule has 0 aliphatic rings. The Hall–Kier alpha value is -0.390. The van der Waals surface area contributed by atoms with Crippen LogP contribution in [0.15, 0.2) is 12.2 Å². The summed E-state index contributed by atoms with van der Waals surface area (Å²) in [7, 11) is -4.34. The van der Waals surface area contributed by atoms with Gasteiger partial charge < -0.3 is 0 Å². The SMILES string of the molecule is CCCCCCCC/C=C/C(CCCCCCC)COS(=O)(=O)O. The fourth-order valence-corrected chi connectivity index (χ4v) is 3.10. The molecule has 24 heavy (non-hydrogen) atoms. The summed E-state index contributed by atoms with van der Waals surface area (Å²) in [5.41, 5.74) is 0. The molecule has 0 spiro atoms. The van der Waals surface area contributed by atoms with E-state index in [1.807, 2.05) is 0 Å². The Kier molecular flexibility index (Phi) is 15.8. The standard InChI is InChI=1S/C19H38O4S/c1-3-5-7-9-10-11-13-15-17-19(18-23-24(20,21)22)16-14-12-8-6-4-2/h15,17,19H,3-14,16,18H2,1-2H3,(H,20,21,22)/b17-15+. The zero-order chi connectivity index (χ0) is 18.1. The third-order valence-corrected chi connectivity index (χ3v) is 4.68. The van der Waals surface area contributed by atoms with Crippen LogP contribution in [0, 0.1) is 5.92 Å². The van der Waals surface area contributed by atoms with Gasteiger partial charge in [-0.05, 0) is 19.3 Å². The van der Waals surface area contributed by atoms with Crippen molar-refractivity contribution >= 4 is 10.4 Å². The molecule has 0 saturated carbocycles. The Morgan fingerprint density at radius 2 is 1.42 bits per heavy atom. The van der Waals surface area contributed by atoms with Crippen molar-refractivity contribution in [3.63, 3.8) is 0 Å². The van der Waals surface area contributed by atoms with Crippen molar-refractivity contribution in [3.05, 3.63) is 12.2 Å². The molecular formula is C19H38O4S. The maximum absolute atomic E-state index is 10.8. The van der Waals surface area contributed by atoms with Crippen molar-refractivity contribution in [2.24, 2.45) is 5.92 Å². The number of unbranched alkanes of at least 4 members (excludes halogenated alkanes) is 10. The van der Waals surface area contributed by atoms with Crippen LogP contribution in [0.3, 0.4) is 0 Å². The molecule has 144 valence electrons.